The fraction of sp³-hybridized carbons (Fsp3) is 0.538. The third-order valence-corrected chi connectivity index (χ3v) is 4.08. The summed E-state index contributed by atoms with van der Waals surface area (Å²) in [5.74, 6) is 1.65. The van der Waals surface area contributed by atoms with Gasteiger partial charge >= 0.3 is 0 Å². The Morgan fingerprint density at radius 2 is 1.82 bits per heavy atom. The Bertz CT molecular complexity index is 389. The van der Waals surface area contributed by atoms with Crippen LogP contribution in [0, 0.1) is 0 Å². The summed E-state index contributed by atoms with van der Waals surface area (Å²) in [5.41, 5.74) is 1.25. The molecule has 0 fully saturated rings. The van der Waals surface area contributed by atoms with Crippen LogP contribution in [0.1, 0.15) is 25.8 Å². The highest BCUT2D eigenvalue weighted by molar-refractivity contribution is 9.10. The molecule has 0 atom stereocenters. The highest BCUT2D eigenvalue weighted by Gasteiger charge is 2.26. The molecule has 4 heteroatoms. The molecule has 0 bridgehead atoms. The summed E-state index contributed by atoms with van der Waals surface area (Å²) in [6.45, 7) is 4.43. The molecule has 0 saturated carbocycles. The Morgan fingerprint density at radius 1 is 1.18 bits per heavy atom. The van der Waals surface area contributed by atoms with E-state index in [9.17, 15) is 0 Å². The van der Waals surface area contributed by atoms with E-state index >= 15 is 0 Å². The maximum absolute atomic E-state index is 5.51. The number of halogens is 2. The quantitative estimate of drug-likeness (QED) is 0.713. The first kappa shape index (κ1) is 14.8. The van der Waals surface area contributed by atoms with Crippen LogP contribution in [-0.2, 0) is 5.41 Å². The third-order valence-electron chi connectivity index (χ3n) is 2.93. The minimum atomic E-state index is 0.0592. The van der Waals surface area contributed by atoms with Gasteiger partial charge in [0, 0.05) is 10.9 Å². The van der Waals surface area contributed by atoms with Crippen LogP contribution in [0.3, 0.4) is 0 Å². The van der Waals surface area contributed by atoms with Gasteiger partial charge in [0.2, 0.25) is 0 Å². The van der Waals surface area contributed by atoms with Crippen molar-refractivity contribution in [1.82, 2.24) is 0 Å². The smallest absolute Gasteiger partial charge is 0.140 e. The molecule has 0 saturated heterocycles. The molecule has 1 aromatic carbocycles. The summed E-state index contributed by atoms with van der Waals surface area (Å²) in [6.07, 6.45) is 1.04. The molecule has 0 aliphatic heterocycles. The minimum absolute atomic E-state index is 0.0592. The molecule has 96 valence electrons. The van der Waals surface area contributed by atoms with Crippen molar-refractivity contribution >= 4 is 31.9 Å². The monoisotopic (exact) mass is 364 g/mol. The Morgan fingerprint density at radius 3 is 2.29 bits per heavy atom. The molecule has 0 amide bonds. The van der Waals surface area contributed by atoms with Gasteiger partial charge in [-0.3, -0.25) is 0 Å². The summed E-state index contributed by atoms with van der Waals surface area (Å²) in [4.78, 5) is 0. The second-order valence-corrected chi connectivity index (χ2v) is 6.07. The molecule has 0 N–H and O–H groups in total. The van der Waals surface area contributed by atoms with E-state index in [1.807, 2.05) is 6.07 Å². The average molecular weight is 366 g/mol. The zero-order valence-corrected chi connectivity index (χ0v) is 13.8. The second-order valence-electron chi connectivity index (χ2n) is 4.49. The molecule has 0 aromatic heterocycles. The van der Waals surface area contributed by atoms with Crippen LogP contribution in [-0.4, -0.2) is 19.5 Å². The first-order valence-electron chi connectivity index (χ1n) is 5.45. The molecule has 0 radical (unpaired) electrons. The number of hydrogen-bond acceptors (Lipinski definition) is 2. The van der Waals surface area contributed by atoms with Crippen molar-refractivity contribution in [2.24, 2.45) is 0 Å². The fourth-order valence-electron chi connectivity index (χ4n) is 1.80. The van der Waals surface area contributed by atoms with Crippen molar-refractivity contribution in [2.75, 3.05) is 19.5 Å². The van der Waals surface area contributed by atoms with Crippen molar-refractivity contribution in [3.63, 3.8) is 0 Å². The van der Waals surface area contributed by atoms with Gasteiger partial charge in [0.25, 0.3) is 0 Å². The maximum atomic E-state index is 5.51. The van der Waals surface area contributed by atoms with Crippen molar-refractivity contribution in [2.45, 2.75) is 25.7 Å². The van der Waals surface area contributed by atoms with Gasteiger partial charge in [-0.05, 0) is 33.8 Å². The van der Waals surface area contributed by atoms with Gasteiger partial charge in [-0.15, -0.1) is 0 Å². The predicted molar refractivity (Wildman–Crippen MR) is 78.7 cm³/mol. The topological polar surface area (TPSA) is 18.5 Å². The first-order valence-corrected chi connectivity index (χ1v) is 7.36. The highest BCUT2D eigenvalue weighted by atomic mass is 79.9. The van der Waals surface area contributed by atoms with E-state index in [4.69, 9.17) is 9.47 Å². The summed E-state index contributed by atoms with van der Waals surface area (Å²) in [6, 6.07) is 4.04. The van der Waals surface area contributed by atoms with Gasteiger partial charge in [-0.2, -0.15) is 0 Å². The molecular formula is C13H18Br2O2. The summed E-state index contributed by atoms with van der Waals surface area (Å²) in [7, 11) is 3.34. The lowest BCUT2D eigenvalue weighted by atomic mass is 9.81. The van der Waals surface area contributed by atoms with E-state index < -0.39 is 0 Å². The normalized spacial score (nSPS) is 11.4. The standard InChI is InChI=1S/C13H18Br2O2/c1-13(2,7-8-14)9-5-6-10(16-3)11(15)12(9)17-4/h5-6H,7-8H2,1-4H3. The maximum Gasteiger partial charge on any atom is 0.140 e. The van der Waals surface area contributed by atoms with Gasteiger partial charge < -0.3 is 9.47 Å². The van der Waals surface area contributed by atoms with Crippen LogP contribution in [0.4, 0.5) is 0 Å². The number of alkyl halides is 1. The van der Waals surface area contributed by atoms with Gasteiger partial charge in [-0.1, -0.05) is 35.8 Å². The molecule has 1 aromatic rings. The van der Waals surface area contributed by atoms with Crippen LogP contribution in [0.5, 0.6) is 11.5 Å². The van der Waals surface area contributed by atoms with Crippen molar-refractivity contribution in [1.29, 1.82) is 0 Å². The van der Waals surface area contributed by atoms with Crippen molar-refractivity contribution < 1.29 is 9.47 Å². The van der Waals surface area contributed by atoms with Crippen molar-refractivity contribution in [3.05, 3.63) is 22.2 Å². The van der Waals surface area contributed by atoms with Crippen LogP contribution in [0.2, 0.25) is 0 Å². The first-order chi connectivity index (χ1) is 7.97. The molecule has 0 unspecified atom stereocenters. The van der Waals surface area contributed by atoms with E-state index in [-0.39, 0.29) is 5.41 Å². The molecule has 1 rings (SSSR count). The SMILES string of the molecule is COc1ccc(C(C)(C)CCBr)c(OC)c1Br. The number of methoxy groups -OCH3 is 2. The van der Waals surface area contributed by atoms with Gasteiger partial charge in [0.05, 0.1) is 14.2 Å². The summed E-state index contributed by atoms with van der Waals surface area (Å²) in [5, 5.41) is 0.965. The van der Waals surface area contributed by atoms with E-state index in [0.29, 0.717) is 0 Å². The molecule has 0 aliphatic rings. The number of ether oxygens (including phenoxy) is 2. The molecule has 0 heterocycles. The Balaban J connectivity index is 3.30. The number of rotatable bonds is 5. The molecule has 17 heavy (non-hydrogen) atoms. The van der Waals surface area contributed by atoms with E-state index in [2.05, 4.69) is 51.8 Å². The van der Waals surface area contributed by atoms with Crippen molar-refractivity contribution in [3.8, 4) is 11.5 Å². The van der Waals surface area contributed by atoms with Gasteiger partial charge in [-0.25, -0.2) is 0 Å². The lowest BCUT2D eigenvalue weighted by Crippen LogP contribution is -2.19. The van der Waals surface area contributed by atoms with Crippen LogP contribution in [0.15, 0.2) is 16.6 Å². The summed E-state index contributed by atoms with van der Waals surface area (Å²) < 4.78 is 11.7. The largest absolute Gasteiger partial charge is 0.495 e. The zero-order valence-electron chi connectivity index (χ0n) is 10.6. The molecule has 0 spiro atoms. The summed E-state index contributed by atoms with van der Waals surface area (Å²) >= 11 is 7.03. The second kappa shape index (κ2) is 6.10. The lowest BCUT2D eigenvalue weighted by Gasteiger charge is -2.27. The Hall–Kier alpha value is -0.220. The number of hydrogen-bond donors (Lipinski definition) is 0. The van der Waals surface area contributed by atoms with Gasteiger partial charge in [0.15, 0.2) is 0 Å². The lowest BCUT2D eigenvalue weighted by molar-refractivity contribution is 0.373. The van der Waals surface area contributed by atoms with Crippen LogP contribution in [0.25, 0.3) is 0 Å². The van der Waals surface area contributed by atoms with E-state index in [0.717, 1.165) is 27.7 Å². The Labute approximate surface area is 120 Å². The van der Waals surface area contributed by atoms with Crippen LogP contribution >= 0.6 is 31.9 Å². The van der Waals surface area contributed by atoms with Crippen LogP contribution < -0.4 is 9.47 Å². The van der Waals surface area contributed by atoms with Gasteiger partial charge in [0.1, 0.15) is 16.0 Å². The minimum Gasteiger partial charge on any atom is -0.495 e. The Kier molecular flexibility index (Phi) is 5.32. The van der Waals surface area contributed by atoms with E-state index in [1.54, 1.807) is 14.2 Å². The highest BCUT2D eigenvalue weighted by Crippen LogP contribution is 2.43. The zero-order chi connectivity index (χ0) is 13.1. The molecule has 0 aliphatic carbocycles. The molecular weight excluding hydrogens is 348 g/mol. The number of benzene rings is 1. The third kappa shape index (κ3) is 3.16. The average Bonchev–Trinajstić information content (AvgIpc) is 2.28. The predicted octanol–water partition coefficient (Wildman–Crippen LogP) is 4.53. The molecule has 2 nitrogen and oxygen atoms in total. The fourth-order valence-corrected chi connectivity index (χ4v) is 3.46. The van der Waals surface area contributed by atoms with E-state index in [1.165, 1.54) is 5.56 Å².